The molecule has 0 fully saturated rings. The second-order valence-electron chi connectivity index (χ2n) is 6.36. The lowest BCUT2D eigenvalue weighted by atomic mass is 10.1. The van der Waals surface area contributed by atoms with Crippen molar-refractivity contribution in [3.05, 3.63) is 48.0 Å². The number of aliphatic carboxylic acids is 1. The maximum atomic E-state index is 13.0. The molecule has 0 bridgehead atoms. The fraction of sp³-hybridized carbons (Fsp3) is 0.250. The maximum absolute atomic E-state index is 13.0. The first-order chi connectivity index (χ1) is 13.9. The fourth-order valence-corrected chi connectivity index (χ4v) is 4.31. The van der Waals surface area contributed by atoms with Crippen molar-refractivity contribution in [3.63, 3.8) is 0 Å². The summed E-state index contributed by atoms with van der Waals surface area (Å²) in [6.45, 7) is -0.423. The van der Waals surface area contributed by atoms with Crippen LogP contribution >= 0.6 is 11.8 Å². The molecule has 152 valence electrons. The van der Waals surface area contributed by atoms with Crippen molar-refractivity contribution in [2.24, 2.45) is 0 Å². The number of rotatable bonds is 6. The summed E-state index contributed by atoms with van der Waals surface area (Å²) >= 11 is 1.36. The Morgan fingerprint density at radius 1 is 1.21 bits per heavy atom. The van der Waals surface area contributed by atoms with E-state index >= 15 is 0 Å². The fourth-order valence-electron chi connectivity index (χ4n) is 3.00. The number of ether oxygens (including phenoxy) is 1. The van der Waals surface area contributed by atoms with Gasteiger partial charge in [-0.15, -0.1) is 11.8 Å². The topological polar surface area (TPSA) is 108 Å². The number of carboxylic acid groups (broad SMARTS) is 1. The molecule has 0 spiro atoms. The number of hydrogen-bond donors (Lipinski definition) is 3. The van der Waals surface area contributed by atoms with Gasteiger partial charge in [0.2, 0.25) is 5.91 Å². The number of methoxy groups -OCH3 is 1. The van der Waals surface area contributed by atoms with Crippen molar-refractivity contribution in [1.82, 2.24) is 5.32 Å². The Labute approximate surface area is 172 Å². The molecule has 1 atom stereocenters. The molecule has 0 aromatic heterocycles. The predicted molar refractivity (Wildman–Crippen MR) is 111 cm³/mol. The molecule has 2 aromatic rings. The van der Waals surface area contributed by atoms with Crippen LogP contribution in [0.5, 0.6) is 5.75 Å². The summed E-state index contributed by atoms with van der Waals surface area (Å²) in [6.07, 6.45) is 0.441. The SMILES string of the molecule is CNC(=O)Nc1ccc2c(c1)SC(Cc1ccc(OC)cc1)C(=O)N2CC(=O)O. The second-order valence-corrected chi connectivity index (χ2v) is 7.61. The molecular weight excluding hydrogens is 394 g/mol. The van der Waals surface area contributed by atoms with Crippen molar-refractivity contribution < 1.29 is 24.2 Å². The van der Waals surface area contributed by atoms with Crippen LogP contribution in [0.25, 0.3) is 0 Å². The number of nitrogens with zero attached hydrogens (tertiary/aromatic N) is 1. The van der Waals surface area contributed by atoms with Crippen LogP contribution in [0.3, 0.4) is 0 Å². The zero-order valence-corrected chi connectivity index (χ0v) is 16.8. The minimum Gasteiger partial charge on any atom is -0.497 e. The molecule has 3 N–H and O–H groups in total. The average Bonchev–Trinajstić information content (AvgIpc) is 2.71. The number of anilines is 2. The molecule has 8 nitrogen and oxygen atoms in total. The number of fused-ring (bicyclic) bond motifs is 1. The second kappa shape index (κ2) is 8.87. The summed E-state index contributed by atoms with van der Waals surface area (Å²) in [5.74, 6) is -0.626. The first kappa shape index (κ1) is 20.5. The van der Waals surface area contributed by atoms with Gasteiger partial charge in [-0.1, -0.05) is 12.1 Å². The van der Waals surface area contributed by atoms with Crippen molar-refractivity contribution in [2.45, 2.75) is 16.6 Å². The van der Waals surface area contributed by atoms with Gasteiger partial charge in [0.05, 0.1) is 18.0 Å². The Balaban J connectivity index is 1.90. The number of carbonyl (C=O) groups is 3. The molecule has 0 saturated heterocycles. The number of benzene rings is 2. The maximum Gasteiger partial charge on any atom is 0.323 e. The summed E-state index contributed by atoms with van der Waals surface area (Å²) in [5, 5.41) is 14.0. The van der Waals surface area contributed by atoms with E-state index in [0.29, 0.717) is 17.8 Å². The van der Waals surface area contributed by atoms with Gasteiger partial charge in [-0.3, -0.25) is 14.5 Å². The highest BCUT2D eigenvalue weighted by atomic mass is 32.2. The van der Waals surface area contributed by atoms with Gasteiger partial charge in [0.1, 0.15) is 12.3 Å². The van der Waals surface area contributed by atoms with Crippen LogP contribution in [0.15, 0.2) is 47.4 Å². The van der Waals surface area contributed by atoms with Gasteiger partial charge in [0.15, 0.2) is 0 Å². The highest BCUT2D eigenvalue weighted by molar-refractivity contribution is 8.01. The minimum absolute atomic E-state index is 0.257. The summed E-state index contributed by atoms with van der Waals surface area (Å²) in [7, 11) is 3.10. The van der Waals surface area contributed by atoms with Crippen LogP contribution in [-0.2, 0) is 16.0 Å². The first-order valence-electron chi connectivity index (χ1n) is 8.87. The molecule has 2 aromatic carbocycles. The van der Waals surface area contributed by atoms with Gasteiger partial charge in [0, 0.05) is 17.6 Å². The molecule has 0 radical (unpaired) electrons. The summed E-state index contributed by atoms with van der Waals surface area (Å²) in [6, 6.07) is 12.1. The largest absolute Gasteiger partial charge is 0.497 e. The number of amides is 3. The quantitative estimate of drug-likeness (QED) is 0.669. The summed E-state index contributed by atoms with van der Waals surface area (Å²) in [5.41, 5.74) is 2.02. The van der Waals surface area contributed by atoms with E-state index in [4.69, 9.17) is 4.74 Å². The van der Waals surface area contributed by atoms with Crippen LogP contribution in [-0.4, -0.2) is 49.0 Å². The van der Waals surface area contributed by atoms with Gasteiger partial charge in [0.25, 0.3) is 0 Å². The molecule has 1 aliphatic heterocycles. The van der Waals surface area contributed by atoms with E-state index in [1.54, 1.807) is 25.3 Å². The molecule has 29 heavy (non-hydrogen) atoms. The van der Waals surface area contributed by atoms with E-state index < -0.39 is 17.8 Å². The van der Waals surface area contributed by atoms with Crippen molar-refractivity contribution in [1.29, 1.82) is 0 Å². The third kappa shape index (κ3) is 4.80. The molecule has 1 aliphatic rings. The van der Waals surface area contributed by atoms with Gasteiger partial charge in [-0.2, -0.15) is 0 Å². The van der Waals surface area contributed by atoms with E-state index in [9.17, 15) is 19.5 Å². The molecule has 9 heteroatoms. The van der Waals surface area contributed by atoms with Crippen LogP contribution in [0, 0.1) is 0 Å². The lowest BCUT2D eigenvalue weighted by molar-refractivity contribution is -0.136. The number of urea groups is 1. The highest BCUT2D eigenvalue weighted by Crippen LogP contribution is 2.41. The lowest BCUT2D eigenvalue weighted by Crippen LogP contribution is -2.44. The Morgan fingerprint density at radius 3 is 2.55 bits per heavy atom. The molecule has 0 aliphatic carbocycles. The molecular formula is C20H21N3O5S. The van der Waals surface area contributed by atoms with Crippen LogP contribution < -0.4 is 20.3 Å². The molecule has 1 unspecified atom stereocenters. The molecule has 0 saturated carbocycles. The average molecular weight is 415 g/mol. The number of carboxylic acids is 1. The summed E-state index contributed by atoms with van der Waals surface area (Å²) in [4.78, 5) is 37.9. The zero-order valence-electron chi connectivity index (χ0n) is 16.0. The van der Waals surface area contributed by atoms with E-state index in [1.807, 2.05) is 24.3 Å². The monoisotopic (exact) mass is 415 g/mol. The van der Waals surface area contributed by atoms with Crippen molar-refractivity contribution >= 4 is 41.0 Å². The van der Waals surface area contributed by atoms with E-state index in [-0.39, 0.29) is 11.9 Å². The molecule has 3 amide bonds. The van der Waals surface area contributed by atoms with Crippen molar-refractivity contribution in [3.8, 4) is 5.75 Å². The lowest BCUT2D eigenvalue weighted by Gasteiger charge is -2.33. The van der Waals surface area contributed by atoms with E-state index in [0.717, 1.165) is 16.2 Å². The number of hydrogen-bond acceptors (Lipinski definition) is 5. The van der Waals surface area contributed by atoms with Crippen LogP contribution in [0.2, 0.25) is 0 Å². The summed E-state index contributed by atoms with van der Waals surface area (Å²) < 4.78 is 5.16. The third-order valence-corrected chi connectivity index (χ3v) is 5.65. The minimum atomic E-state index is -1.09. The first-order valence-corrected chi connectivity index (χ1v) is 9.74. The Hall–Kier alpha value is -3.20. The Morgan fingerprint density at radius 2 is 1.93 bits per heavy atom. The third-order valence-electron chi connectivity index (χ3n) is 4.42. The van der Waals surface area contributed by atoms with E-state index in [2.05, 4.69) is 10.6 Å². The number of carbonyl (C=O) groups excluding carboxylic acids is 2. The van der Waals surface area contributed by atoms with Gasteiger partial charge < -0.3 is 20.5 Å². The normalized spacial score (nSPS) is 15.4. The predicted octanol–water partition coefficient (Wildman–Crippen LogP) is 2.58. The van der Waals surface area contributed by atoms with Gasteiger partial charge >= 0.3 is 12.0 Å². The molecule has 1 heterocycles. The van der Waals surface area contributed by atoms with Gasteiger partial charge in [-0.25, -0.2) is 4.79 Å². The number of nitrogens with one attached hydrogen (secondary N) is 2. The standard InChI is InChI=1S/C20H21N3O5S/c1-21-20(27)22-13-5-8-15-16(10-13)29-17(19(26)23(15)11-18(24)25)9-12-3-6-14(28-2)7-4-12/h3-8,10,17H,9,11H2,1-2H3,(H,24,25)(H2,21,22,27). The Kier molecular flexibility index (Phi) is 6.28. The smallest absolute Gasteiger partial charge is 0.323 e. The van der Waals surface area contributed by atoms with Crippen LogP contribution in [0.4, 0.5) is 16.2 Å². The van der Waals surface area contributed by atoms with Crippen LogP contribution in [0.1, 0.15) is 5.56 Å². The Bertz CT molecular complexity index is 932. The number of thioether (sulfide) groups is 1. The van der Waals surface area contributed by atoms with Gasteiger partial charge in [-0.05, 0) is 42.3 Å². The molecule has 3 rings (SSSR count). The zero-order chi connectivity index (χ0) is 21.0. The van der Waals surface area contributed by atoms with Crippen molar-refractivity contribution in [2.75, 3.05) is 30.9 Å². The van der Waals surface area contributed by atoms with E-state index in [1.165, 1.54) is 23.7 Å². The highest BCUT2D eigenvalue weighted by Gasteiger charge is 2.35.